The Bertz CT molecular complexity index is 968. The number of ether oxygens (including phenoxy) is 1. The average molecular weight is 383 g/mol. The molecule has 0 unspecified atom stereocenters. The number of hydrogen-bond acceptors (Lipinski definition) is 4. The van der Waals surface area contributed by atoms with Crippen molar-refractivity contribution in [1.82, 2.24) is 4.98 Å². The molecule has 28 heavy (non-hydrogen) atoms. The van der Waals surface area contributed by atoms with E-state index in [0.29, 0.717) is 17.0 Å². The molecule has 2 heterocycles. The predicted octanol–water partition coefficient (Wildman–Crippen LogP) is 4.42. The minimum Gasteiger partial charge on any atom is -0.507 e. The molecule has 3 rings (SSSR count). The van der Waals surface area contributed by atoms with Gasteiger partial charge in [-0.2, -0.15) is 0 Å². The van der Waals surface area contributed by atoms with Gasteiger partial charge in [-0.25, -0.2) is 0 Å². The van der Waals surface area contributed by atoms with Crippen molar-refractivity contribution in [2.45, 2.75) is 71.6 Å². The molecule has 0 saturated carbocycles. The van der Waals surface area contributed by atoms with E-state index in [2.05, 4.69) is 4.98 Å². The third-order valence-electron chi connectivity index (χ3n) is 5.26. The van der Waals surface area contributed by atoms with Crippen LogP contribution >= 0.6 is 0 Å². The van der Waals surface area contributed by atoms with E-state index in [-0.39, 0.29) is 34.5 Å². The van der Waals surface area contributed by atoms with E-state index in [1.54, 1.807) is 13.0 Å². The quantitative estimate of drug-likeness (QED) is 0.714. The Morgan fingerprint density at radius 3 is 2.04 bits per heavy atom. The van der Waals surface area contributed by atoms with E-state index in [4.69, 9.17) is 4.74 Å². The number of rotatable bonds is 1. The van der Waals surface area contributed by atoms with E-state index in [0.717, 1.165) is 16.7 Å². The highest BCUT2D eigenvalue weighted by Crippen LogP contribution is 2.44. The Balaban J connectivity index is 2.31. The first-order valence-corrected chi connectivity index (χ1v) is 9.61. The highest BCUT2D eigenvalue weighted by molar-refractivity contribution is 5.77. The Labute approximate surface area is 165 Å². The molecule has 0 bridgehead atoms. The number of aromatic nitrogens is 1. The van der Waals surface area contributed by atoms with Gasteiger partial charge < -0.3 is 14.8 Å². The molecule has 1 aliphatic rings. The SMILES string of the molecule is Cc1cc2c(c(=O)[nH]1)[C@@H](c1cc(C(C)(C)C)c(O)c(C(C)(C)C)c1)CC(=O)O2. The Kier molecular flexibility index (Phi) is 4.69. The van der Waals surface area contributed by atoms with Crippen molar-refractivity contribution in [1.29, 1.82) is 0 Å². The lowest BCUT2D eigenvalue weighted by Gasteiger charge is -2.31. The number of hydrogen-bond donors (Lipinski definition) is 2. The minimum atomic E-state index is -0.414. The van der Waals surface area contributed by atoms with Crippen LogP contribution in [-0.4, -0.2) is 16.1 Å². The summed E-state index contributed by atoms with van der Waals surface area (Å²) in [6, 6.07) is 5.55. The van der Waals surface area contributed by atoms with Crippen LogP contribution in [0.25, 0.3) is 0 Å². The van der Waals surface area contributed by atoms with Crippen molar-refractivity contribution in [3.63, 3.8) is 0 Å². The van der Waals surface area contributed by atoms with Crippen LogP contribution in [0.2, 0.25) is 0 Å². The van der Waals surface area contributed by atoms with Gasteiger partial charge in [-0.05, 0) is 34.4 Å². The number of phenols is 1. The fraction of sp³-hybridized carbons (Fsp3) is 0.478. The zero-order chi connectivity index (χ0) is 21.0. The summed E-state index contributed by atoms with van der Waals surface area (Å²) >= 11 is 0. The van der Waals surface area contributed by atoms with Crippen LogP contribution in [0, 0.1) is 6.92 Å². The molecule has 2 N–H and O–H groups in total. The lowest BCUT2D eigenvalue weighted by molar-refractivity contribution is -0.135. The Hall–Kier alpha value is -2.56. The van der Waals surface area contributed by atoms with Crippen LogP contribution in [0.1, 0.15) is 81.8 Å². The first-order chi connectivity index (χ1) is 12.8. The van der Waals surface area contributed by atoms with Gasteiger partial charge in [0.2, 0.25) is 0 Å². The van der Waals surface area contributed by atoms with Gasteiger partial charge in [0.15, 0.2) is 0 Å². The van der Waals surface area contributed by atoms with Crippen LogP contribution in [0.5, 0.6) is 11.5 Å². The molecule has 1 aliphatic heterocycles. The maximum absolute atomic E-state index is 12.7. The Morgan fingerprint density at radius 2 is 1.54 bits per heavy atom. The van der Waals surface area contributed by atoms with Crippen molar-refractivity contribution < 1.29 is 14.6 Å². The van der Waals surface area contributed by atoms with Crippen LogP contribution < -0.4 is 10.3 Å². The second kappa shape index (κ2) is 6.50. The third-order valence-corrected chi connectivity index (χ3v) is 5.26. The number of phenolic OH excluding ortho intramolecular Hbond substituents is 1. The molecule has 0 aliphatic carbocycles. The van der Waals surface area contributed by atoms with Crippen molar-refractivity contribution >= 4 is 5.97 Å². The maximum atomic E-state index is 12.7. The summed E-state index contributed by atoms with van der Waals surface area (Å²) < 4.78 is 5.36. The topological polar surface area (TPSA) is 79.4 Å². The van der Waals surface area contributed by atoms with Gasteiger partial charge in [-0.3, -0.25) is 9.59 Å². The summed E-state index contributed by atoms with van der Waals surface area (Å²) in [5.41, 5.74) is 2.74. The van der Waals surface area contributed by atoms with E-state index < -0.39 is 5.92 Å². The maximum Gasteiger partial charge on any atom is 0.312 e. The molecule has 0 fully saturated rings. The van der Waals surface area contributed by atoms with Gasteiger partial charge in [0, 0.05) is 17.7 Å². The van der Waals surface area contributed by atoms with Gasteiger partial charge in [-0.15, -0.1) is 0 Å². The fourth-order valence-electron chi connectivity index (χ4n) is 3.80. The number of esters is 1. The van der Waals surface area contributed by atoms with Crippen LogP contribution in [-0.2, 0) is 15.6 Å². The van der Waals surface area contributed by atoms with Crippen LogP contribution in [0.3, 0.4) is 0 Å². The second-order valence-corrected chi connectivity index (χ2v) is 9.75. The number of aromatic hydroxyl groups is 1. The smallest absolute Gasteiger partial charge is 0.312 e. The zero-order valence-corrected chi connectivity index (χ0v) is 17.7. The highest BCUT2D eigenvalue weighted by Gasteiger charge is 2.34. The lowest BCUT2D eigenvalue weighted by atomic mass is 9.75. The predicted molar refractivity (Wildman–Crippen MR) is 109 cm³/mol. The molecule has 1 aromatic heterocycles. The molecule has 1 atom stereocenters. The van der Waals surface area contributed by atoms with Crippen molar-refractivity contribution in [2.24, 2.45) is 0 Å². The van der Waals surface area contributed by atoms with Crippen LogP contribution in [0.4, 0.5) is 0 Å². The number of fused-ring (bicyclic) bond motifs is 1. The largest absolute Gasteiger partial charge is 0.507 e. The van der Waals surface area contributed by atoms with Gasteiger partial charge in [-0.1, -0.05) is 53.7 Å². The summed E-state index contributed by atoms with van der Waals surface area (Å²) in [6.07, 6.45) is 0.0943. The van der Waals surface area contributed by atoms with Gasteiger partial charge in [0.25, 0.3) is 5.56 Å². The number of benzene rings is 1. The summed E-state index contributed by atoms with van der Waals surface area (Å²) in [5.74, 6) is -0.168. The number of nitrogens with one attached hydrogen (secondary N) is 1. The fourth-order valence-corrected chi connectivity index (χ4v) is 3.80. The zero-order valence-electron chi connectivity index (χ0n) is 17.7. The molecular formula is C23H29NO4. The average Bonchev–Trinajstić information content (AvgIpc) is 2.51. The summed E-state index contributed by atoms with van der Waals surface area (Å²) in [5, 5.41) is 11.0. The lowest BCUT2D eigenvalue weighted by Crippen LogP contribution is -2.29. The first-order valence-electron chi connectivity index (χ1n) is 9.61. The number of H-pyrrole nitrogens is 1. The van der Waals surface area contributed by atoms with Gasteiger partial charge >= 0.3 is 5.97 Å². The summed E-state index contributed by atoms with van der Waals surface area (Å²) in [4.78, 5) is 27.8. The molecule has 1 aromatic carbocycles. The van der Waals surface area contributed by atoms with Crippen LogP contribution in [0.15, 0.2) is 23.0 Å². The Morgan fingerprint density at radius 1 is 1.00 bits per heavy atom. The number of aromatic amines is 1. The molecule has 5 heteroatoms. The van der Waals surface area contributed by atoms with Crippen molar-refractivity contribution in [3.05, 3.63) is 56.5 Å². The third kappa shape index (κ3) is 3.58. The number of aryl methyl sites for hydroxylation is 1. The molecule has 150 valence electrons. The monoisotopic (exact) mass is 383 g/mol. The first kappa shape index (κ1) is 20.2. The molecule has 2 aromatic rings. The minimum absolute atomic E-state index is 0.0943. The van der Waals surface area contributed by atoms with Gasteiger partial charge in [0.05, 0.1) is 12.0 Å². The van der Waals surface area contributed by atoms with Crippen molar-refractivity contribution in [2.75, 3.05) is 0 Å². The molecule has 0 spiro atoms. The normalized spacial score (nSPS) is 17.2. The number of carbonyl (C=O) groups excluding carboxylic acids is 1. The van der Waals surface area contributed by atoms with E-state index >= 15 is 0 Å². The molecule has 0 saturated heterocycles. The standard InChI is InChI=1S/C23H29NO4/c1-12-8-17-19(21(27)24-12)14(11-18(25)28-17)13-9-15(22(2,3)4)20(26)16(10-13)23(5,6)7/h8-10,14,26H,11H2,1-7H3,(H,24,27)/t14-/m1/s1. The second-order valence-electron chi connectivity index (χ2n) is 9.75. The van der Waals surface area contributed by atoms with E-state index in [1.807, 2.05) is 53.7 Å². The number of carbonyl (C=O) groups is 1. The van der Waals surface area contributed by atoms with E-state index in [9.17, 15) is 14.7 Å². The van der Waals surface area contributed by atoms with E-state index in [1.165, 1.54) is 0 Å². The molecular weight excluding hydrogens is 354 g/mol. The summed E-state index contributed by atoms with van der Waals surface area (Å²) in [6.45, 7) is 14.0. The van der Waals surface area contributed by atoms with Gasteiger partial charge in [0.1, 0.15) is 11.5 Å². The highest BCUT2D eigenvalue weighted by atomic mass is 16.5. The molecule has 0 amide bonds. The summed E-state index contributed by atoms with van der Waals surface area (Å²) in [7, 11) is 0. The molecule has 5 nitrogen and oxygen atoms in total. The van der Waals surface area contributed by atoms with Crippen molar-refractivity contribution in [3.8, 4) is 11.5 Å². The number of pyridine rings is 1. The molecule has 0 radical (unpaired) electrons.